The van der Waals surface area contributed by atoms with Crippen molar-refractivity contribution < 1.29 is 9.90 Å². The molecule has 1 saturated carbocycles. The van der Waals surface area contributed by atoms with Gasteiger partial charge in [-0.05, 0) is 47.8 Å². The number of nitrogens with zero attached hydrogens (tertiary/aromatic N) is 2. The highest BCUT2D eigenvalue weighted by molar-refractivity contribution is 5.73. The second-order valence-corrected chi connectivity index (χ2v) is 8.42. The molecular weight excluding hydrogens is 302 g/mol. The van der Waals surface area contributed by atoms with Gasteiger partial charge in [-0.15, -0.1) is 0 Å². The Morgan fingerprint density at radius 3 is 2.58 bits per heavy atom. The Hall–Kier alpha value is -1.62. The second kappa shape index (κ2) is 6.36. The molecule has 0 unspecified atom stereocenters. The fourth-order valence-corrected chi connectivity index (χ4v) is 4.09. The summed E-state index contributed by atoms with van der Waals surface area (Å²) in [4.78, 5) is 18.2. The maximum absolute atomic E-state index is 11.3. The number of hydrogen-bond donors (Lipinski definition) is 2. The van der Waals surface area contributed by atoms with Crippen molar-refractivity contribution in [3.8, 4) is 0 Å². The van der Waals surface area contributed by atoms with Crippen LogP contribution in [0.2, 0.25) is 0 Å². The van der Waals surface area contributed by atoms with Crippen LogP contribution in [0, 0.1) is 11.8 Å². The normalized spacial score (nSPS) is 30.1. The van der Waals surface area contributed by atoms with E-state index in [0.29, 0.717) is 11.8 Å². The standard InChI is InChI=1S/C19H29N3O2/c1-12(23)21-16-7-13-10-22(11-14(13)8-17(16)24)18-9-15(5-6-20-18)19(2,3)4/h5-6,9,13-14,16-17,24H,7-8,10-11H2,1-4H3,(H,21,23)/t13-,14+,16-,17-/m1/s1. The molecule has 24 heavy (non-hydrogen) atoms. The third kappa shape index (κ3) is 3.56. The molecule has 3 rings (SSSR count). The lowest BCUT2D eigenvalue weighted by molar-refractivity contribution is -0.121. The van der Waals surface area contributed by atoms with Gasteiger partial charge in [0.05, 0.1) is 12.1 Å². The number of aliphatic hydroxyl groups is 1. The maximum atomic E-state index is 11.3. The van der Waals surface area contributed by atoms with Gasteiger partial charge < -0.3 is 15.3 Å². The van der Waals surface area contributed by atoms with Gasteiger partial charge >= 0.3 is 0 Å². The Morgan fingerprint density at radius 2 is 1.96 bits per heavy atom. The molecule has 2 N–H and O–H groups in total. The highest BCUT2D eigenvalue weighted by Crippen LogP contribution is 2.38. The molecule has 0 radical (unpaired) electrons. The molecule has 1 aliphatic heterocycles. The summed E-state index contributed by atoms with van der Waals surface area (Å²) in [7, 11) is 0. The molecule has 2 aliphatic rings. The SMILES string of the molecule is CC(=O)N[C@@H]1C[C@@H]2CN(c3cc(C(C)(C)C)ccn3)C[C@@H]2C[C@H]1O. The van der Waals surface area contributed by atoms with Crippen LogP contribution in [0.1, 0.15) is 46.1 Å². The largest absolute Gasteiger partial charge is 0.391 e. The number of carbonyl (C=O) groups excluding carboxylic acids is 1. The molecule has 1 aromatic rings. The van der Waals surface area contributed by atoms with E-state index in [4.69, 9.17) is 0 Å². The minimum Gasteiger partial charge on any atom is -0.391 e. The first-order valence-electron chi connectivity index (χ1n) is 8.90. The lowest BCUT2D eigenvalue weighted by Crippen LogP contribution is -2.48. The van der Waals surface area contributed by atoms with Gasteiger partial charge in [-0.3, -0.25) is 4.79 Å². The molecule has 132 valence electrons. The van der Waals surface area contributed by atoms with Crippen LogP contribution >= 0.6 is 0 Å². The summed E-state index contributed by atoms with van der Waals surface area (Å²) in [5.41, 5.74) is 1.40. The van der Waals surface area contributed by atoms with Crippen molar-refractivity contribution in [2.45, 2.75) is 58.1 Å². The van der Waals surface area contributed by atoms with Gasteiger partial charge in [0.2, 0.25) is 5.91 Å². The summed E-state index contributed by atoms with van der Waals surface area (Å²) in [6.07, 6.45) is 3.06. The fourth-order valence-electron chi connectivity index (χ4n) is 4.09. The van der Waals surface area contributed by atoms with Crippen LogP contribution < -0.4 is 10.2 Å². The predicted molar refractivity (Wildman–Crippen MR) is 95.0 cm³/mol. The number of aromatic nitrogens is 1. The number of nitrogens with one attached hydrogen (secondary N) is 1. The van der Waals surface area contributed by atoms with Crippen LogP contribution in [0.15, 0.2) is 18.3 Å². The van der Waals surface area contributed by atoms with Gasteiger partial charge in [0.25, 0.3) is 0 Å². The predicted octanol–water partition coefficient (Wildman–Crippen LogP) is 2.09. The minimum atomic E-state index is -0.441. The van der Waals surface area contributed by atoms with E-state index >= 15 is 0 Å². The van der Waals surface area contributed by atoms with E-state index in [0.717, 1.165) is 31.7 Å². The Balaban J connectivity index is 1.72. The van der Waals surface area contributed by atoms with E-state index in [-0.39, 0.29) is 17.4 Å². The van der Waals surface area contributed by atoms with Gasteiger partial charge in [0, 0.05) is 26.2 Å². The van der Waals surface area contributed by atoms with Crippen LogP contribution in [0.5, 0.6) is 0 Å². The highest BCUT2D eigenvalue weighted by atomic mass is 16.3. The maximum Gasteiger partial charge on any atom is 0.217 e. The van der Waals surface area contributed by atoms with Crippen LogP contribution in [0.4, 0.5) is 5.82 Å². The third-order valence-corrected chi connectivity index (χ3v) is 5.47. The minimum absolute atomic E-state index is 0.0631. The summed E-state index contributed by atoms with van der Waals surface area (Å²) >= 11 is 0. The average Bonchev–Trinajstić information content (AvgIpc) is 2.89. The van der Waals surface area contributed by atoms with E-state index in [1.165, 1.54) is 12.5 Å². The third-order valence-electron chi connectivity index (χ3n) is 5.47. The molecule has 5 nitrogen and oxygen atoms in total. The van der Waals surface area contributed by atoms with Crippen molar-refractivity contribution in [1.82, 2.24) is 10.3 Å². The van der Waals surface area contributed by atoms with Crippen molar-refractivity contribution in [2.75, 3.05) is 18.0 Å². The van der Waals surface area contributed by atoms with E-state index in [1.54, 1.807) is 0 Å². The Bertz CT molecular complexity index is 611. The zero-order valence-electron chi connectivity index (χ0n) is 15.1. The average molecular weight is 331 g/mol. The summed E-state index contributed by atoms with van der Waals surface area (Å²) in [6.45, 7) is 10.0. The van der Waals surface area contributed by atoms with Crippen LogP contribution in [0.25, 0.3) is 0 Å². The molecule has 5 heteroatoms. The topological polar surface area (TPSA) is 65.5 Å². The molecule has 1 aromatic heterocycles. The second-order valence-electron chi connectivity index (χ2n) is 8.42. The summed E-state index contributed by atoms with van der Waals surface area (Å²) < 4.78 is 0. The zero-order valence-corrected chi connectivity index (χ0v) is 15.1. The van der Waals surface area contributed by atoms with Crippen molar-refractivity contribution in [1.29, 1.82) is 0 Å². The monoisotopic (exact) mass is 331 g/mol. The highest BCUT2D eigenvalue weighted by Gasteiger charge is 2.42. The molecule has 1 amide bonds. The van der Waals surface area contributed by atoms with Crippen molar-refractivity contribution in [3.63, 3.8) is 0 Å². The number of carbonyl (C=O) groups is 1. The van der Waals surface area contributed by atoms with Crippen molar-refractivity contribution >= 4 is 11.7 Å². The number of amides is 1. The molecule has 0 aromatic carbocycles. The molecule has 2 heterocycles. The number of fused-ring (bicyclic) bond motifs is 1. The summed E-state index contributed by atoms with van der Waals surface area (Å²) in [5.74, 6) is 1.95. The first-order valence-corrected chi connectivity index (χ1v) is 8.90. The lowest BCUT2D eigenvalue weighted by Gasteiger charge is -2.35. The van der Waals surface area contributed by atoms with Crippen molar-refractivity contribution in [2.24, 2.45) is 11.8 Å². The summed E-state index contributed by atoms with van der Waals surface area (Å²) in [5, 5.41) is 13.2. The fraction of sp³-hybridized carbons (Fsp3) is 0.684. The van der Waals surface area contributed by atoms with Gasteiger partial charge in [-0.25, -0.2) is 4.98 Å². The molecule has 1 saturated heterocycles. The smallest absolute Gasteiger partial charge is 0.217 e. The van der Waals surface area contributed by atoms with Gasteiger partial charge in [0.1, 0.15) is 5.82 Å². The Labute approximate surface area is 144 Å². The summed E-state index contributed by atoms with van der Waals surface area (Å²) in [6, 6.07) is 4.17. The van der Waals surface area contributed by atoms with Gasteiger partial charge in [-0.1, -0.05) is 20.8 Å². The quantitative estimate of drug-likeness (QED) is 0.871. The van der Waals surface area contributed by atoms with Crippen molar-refractivity contribution in [3.05, 3.63) is 23.9 Å². The number of hydrogen-bond acceptors (Lipinski definition) is 4. The molecule has 2 fully saturated rings. The molecule has 1 aliphatic carbocycles. The van der Waals surface area contributed by atoms with E-state index in [9.17, 15) is 9.90 Å². The van der Waals surface area contributed by atoms with Crippen LogP contribution in [-0.4, -0.2) is 41.2 Å². The van der Waals surface area contributed by atoms with E-state index in [1.807, 2.05) is 6.20 Å². The van der Waals surface area contributed by atoms with Gasteiger partial charge in [0.15, 0.2) is 0 Å². The molecule has 0 bridgehead atoms. The van der Waals surface area contributed by atoms with Gasteiger partial charge in [-0.2, -0.15) is 0 Å². The molecule has 4 atom stereocenters. The van der Waals surface area contributed by atoms with Crippen LogP contribution in [-0.2, 0) is 10.2 Å². The zero-order chi connectivity index (χ0) is 17.5. The Morgan fingerprint density at radius 1 is 1.29 bits per heavy atom. The molecule has 0 spiro atoms. The first-order chi connectivity index (χ1) is 11.2. The Kier molecular flexibility index (Phi) is 4.56. The lowest BCUT2D eigenvalue weighted by atomic mass is 9.77. The number of rotatable bonds is 2. The van der Waals surface area contributed by atoms with Crippen LogP contribution in [0.3, 0.4) is 0 Å². The number of aliphatic hydroxyl groups excluding tert-OH is 1. The van der Waals surface area contributed by atoms with E-state index in [2.05, 4.69) is 48.1 Å². The molecular formula is C19H29N3O2. The first kappa shape index (κ1) is 17.2. The van der Waals surface area contributed by atoms with E-state index < -0.39 is 6.10 Å². The number of pyridine rings is 1. The number of anilines is 1.